The Bertz CT molecular complexity index is 859. The van der Waals surface area contributed by atoms with E-state index in [-0.39, 0.29) is 11.5 Å². The van der Waals surface area contributed by atoms with Gasteiger partial charge in [0.2, 0.25) is 5.95 Å². The second kappa shape index (κ2) is 9.34. The molecule has 9 heteroatoms. The zero-order valence-corrected chi connectivity index (χ0v) is 16.1. The number of amides is 2. The molecule has 2 aromatic rings. The maximum Gasteiger partial charge on any atom is 0.326 e. The molecular formula is C19H27N7O2. The summed E-state index contributed by atoms with van der Waals surface area (Å²) in [7, 11) is 0. The molecule has 5 N–H and O–H groups in total. The van der Waals surface area contributed by atoms with Gasteiger partial charge in [0.1, 0.15) is 5.69 Å². The van der Waals surface area contributed by atoms with Gasteiger partial charge in [0.25, 0.3) is 5.56 Å². The molecule has 2 heterocycles. The molecule has 1 fully saturated rings. The number of nitrogens with two attached hydrogens (primary N) is 1. The number of H-pyrrole nitrogens is 1. The van der Waals surface area contributed by atoms with E-state index in [0.717, 1.165) is 44.7 Å². The van der Waals surface area contributed by atoms with Crippen molar-refractivity contribution < 1.29 is 4.79 Å². The molecule has 0 saturated carbocycles. The van der Waals surface area contributed by atoms with Crippen molar-refractivity contribution in [2.45, 2.75) is 13.3 Å². The Morgan fingerprint density at radius 1 is 1.21 bits per heavy atom. The molecule has 1 saturated heterocycles. The van der Waals surface area contributed by atoms with Gasteiger partial charge in [-0.15, -0.1) is 0 Å². The van der Waals surface area contributed by atoms with Crippen molar-refractivity contribution in [3.63, 3.8) is 0 Å². The van der Waals surface area contributed by atoms with Crippen LogP contribution in [0.2, 0.25) is 0 Å². The lowest BCUT2D eigenvalue weighted by molar-refractivity contribution is 0.256. The molecule has 1 aromatic carbocycles. The van der Waals surface area contributed by atoms with E-state index in [2.05, 4.69) is 25.5 Å². The average Bonchev–Trinajstić information content (AvgIpc) is 2.69. The third-order valence-corrected chi connectivity index (χ3v) is 4.79. The molecule has 1 aromatic heterocycles. The topological polar surface area (TPSA) is 119 Å². The van der Waals surface area contributed by atoms with Gasteiger partial charge in [0, 0.05) is 38.1 Å². The summed E-state index contributed by atoms with van der Waals surface area (Å²) in [5.74, 6) is 0.112. The minimum absolute atomic E-state index is 0.112. The van der Waals surface area contributed by atoms with Crippen LogP contribution >= 0.6 is 0 Å². The highest BCUT2D eigenvalue weighted by atomic mass is 16.2. The predicted octanol–water partition coefficient (Wildman–Crippen LogP) is 1.19. The zero-order chi connectivity index (χ0) is 19.9. The Labute approximate surface area is 163 Å². The number of nitrogens with zero attached hydrogens (tertiary/aromatic N) is 3. The smallest absolute Gasteiger partial charge is 0.326 e. The zero-order valence-electron chi connectivity index (χ0n) is 16.1. The quantitative estimate of drug-likeness (QED) is 0.593. The number of rotatable bonds is 6. The number of hydrogen-bond donors (Lipinski definition) is 4. The molecule has 0 atom stereocenters. The molecule has 150 valence electrons. The van der Waals surface area contributed by atoms with Crippen LogP contribution in [0.1, 0.15) is 12.0 Å². The highest BCUT2D eigenvalue weighted by molar-refractivity contribution is 5.99. The van der Waals surface area contributed by atoms with Crippen molar-refractivity contribution in [3.8, 4) is 0 Å². The highest BCUT2D eigenvalue weighted by Crippen LogP contribution is 2.14. The fourth-order valence-electron chi connectivity index (χ4n) is 3.18. The van der Waals surface area contributed by atoms with Crippen LogP contribution in [0.3, 0.4) is 0 Å². The summed E-state index contributed by atoms with van der Waals surface area (Å²) in [6, 6.07) is 6.99. The first-order chi connectivity index (χ1) is 13.6. The second-order valence-corrected chi connectivity index (χ2v) is 6.80. The summed E-state index contributed by atoms with van der Waals surface area (Å²) in [6.45, 7) is 6.87. The van der Waals surface area contributed by atoms with Gasteiger partial charge in [0.05, 0.1) is 0 Å². The van der Waals surface area contributed by atoms with Crippen molar-refractivity contribution in [1.29, 1.82) is 0 Å². The molecule has 1 aliphatic rings. The molecule has 0 radical (unpaired) electrons. The normalized spacial score (nSPS) is 14.7. The average molecular weight is 385 g/mol. The van der Waals surface area contributed by atoms with Crippen molar-refractivity contribution in [3.05, 3.63) is 46.4 Å². The van der Waals surface area contributed by atoms with E-state index in [1.807, 2.05) is 30.0 Å². The monoisotopic (exact) mass is 385 g/mol. The number of carbonyl (C=O) groups is 1. The number of anilines is 3. The van der Waals surface area contributed by atoms with Crippen LogP contribution in [-0.2, 0) is 0 Å². The van der Waals surface area contributed by atoms with Crippen LogP contribution in [-0.4, -0.2) is 60.2 Å². The van der Waals surface area contributed by atoms with E-state index < -0.39 is 6.03 Å². The fraction of sp³-hybridized carbons (Fsp3) is 0.421. The first kappa shape index (κ1) is 19.8. The number of hydrogen-bond acceptors (Lipinski definition) is 6. The standard InChI is InChI=1S/C19H27N7O2/c1-14-5-2-3-6-15(14)22-19(28)24-18-21-13-16(17(27)23-18)26-11-9-25(10-12-26)8-4-7-20/h2-3,5-6,13H,4,7-12,20H2,1H3,(H3,21,22,23,24,27,28). The summed E-state index contributed by atoms with van der Waals surface area (Å²) < 4.78 is 0. The first-order valence-electron chi connectivity index (χ1n) is 9.47. The van der Waals surface area contributed by atoms with Gasteiger partial charge in [-0.05, 0) is 38.1 Å². The van der Waals surface area contributed by atoms with E-state index in [0.29, 0.717) is 17.9 Å². The lowest BCUT2D eigenvalue weighted by Crippen LogP contribution is -2.48. The third kappa shape index (κ3) is 5.08. The number of urea groups is 1. The molecule has 2 amide bonds. The summed E-state index contributed by atoms with van der Waals surface area (Å²) >= 11 is 0. The van der Waals surface area contributed by atoms with E-state index in [9.17, 15) is 9.59 Å². The maximum absolute atomic E-state index is 12.4. The van der Waals surface area contributed by atoms with Gasteiger partial charge in [-0.2, -0.15) is 4.98 Å². The van der Waals surface area contributed by atoms with Crippen LogP contribution in [0.25, 0.3) is 0 Å². The molecule has 1 aliphatic heterocycles. The lowest BCUT2D eigenvalue weighted by Gasteiger charge is -2.35. The number of carbonyl (C=O) groups excluding carboxylic acids is 1. The maximum atomic E-state index is 12.4. The van der Waals surface area contributed by atoms with Crippen LogP contribution in [0.4, 0.5) is 22.1 Å². The minimum atomic E-state index is -0.460. The van der Waals surface area contributed by atoms with E-state index in [1.54, 1.807) is 12.3 Å². The van der Waals surface area contributed by atoms with Gasteiger partial charge in [0.15, 0.2) is 0 Å². The van der Waals surface area contributed by atoms with Crippen LogP contribution in [0.15, 0.2) is 35.3 Å². The number of aromatic amines is 1. The lowest BCUT2D eigenvalue weighted by atomic mass is 10.2. The third-order valence-electron chi connectivity index (χ3n) is 4.79. The largest absolute Gasteiger partial charge is 0.363 e. The molecule has 3 rings (SSSR count). The Balaban J connectivity index is 1.58. The Morgan fingerprint density at radius 3 is 2.64 bits per heavy atom. The number of piperazine rings is 1. The molecule has 0 bridgehead atoms. The van der Waals surface area contributed by atoms with E-state index in [1.165, 1.54) is 0 Å². The van der Waals surface area contributed by atoms with Gasteiger partial charge in [-0.3, -0.25) is 15.0 Å². The number of para-hydroxylation sites is 1. The first-order valence-corrected chi connectivity index (χ1v) is 9.47. The Kier molecular flexibility index (Phi) is 6.62. The van der Waals surface area contributed by atoms with Crippen molar-refractivity contribution in [2.24, 2.45) is 5.73 Å². The van der Waals surface area contributed by atoms with Crippen molar-refractivity contribution >= 4 is 23.4 Å². The van der Waals surface area contributed by atoms with Gasteiger partial charge >= 0.3 is 6.03 Å². The number of benzene rings is 1. The Morgan fingerprint density at radius 2 is 1.96 bits per heavy atom. The van der Waals surface area contributed by atoms with E-state index in [4.69, 9.17) is 5.73 Å². The molecule has 28 heavy (non-hydrogen) atoms. The van der Waals surface area contributed by atoms with Crippen molar-refractivity contribution in [1.82, 2.24) is 14.9 Å². The van der Waals surface area contributed by atoms with Gasteiger partial charge in [-0.1, -0.05) is 18.2 Å². The number of aromatic nitrogens is 2. The molecular weight excluding hydrogens is 358 g/mol. The van der Waals surface area contributed by atoms with Crippen LogP contribution in [0, 0.1) is 6.92 Å². The summed E-state index contributed by atoms with van der Waals surface area (Å²) in [5, 5.41) is 5.30. The Hall–Kier alpha value is -2.91. The minimum Gasteiger partial charge on any atom is -0.363 e. The van der Waals surface area contributed by atoms with Gasteiger partial charge < -0.3 is 20.9 Å². The van der Waals surface area contributed by atoms with E-state index >= 15 is 0 Å². The SMILES string of the molecule is Cc1ccccc1NC(=O)Nc1nc(=O)c(N2CCN(CCCN)CC2)c[nH]1. The summed E-state index contributed by atoms with van der Waals surface area (Å²) in [6.07, 6.45) is 2.58. The molecule has 0 spiro atoms. The number of aryl methyl sites for hydroxylation is 1. The summed E-state index contributed by atoms with van der Waals surface area (Å²) in [5.41, 5.74) is 7.36. The van der Waals surface area contributed by atoms with Crippen LogP contribution in [0.5, 0.6) is 0 Å². The molecule has 0 aliphatic carbocycles. The second-order valence-electron chi connectivity index (χ2n) is 6.80. The predicted molar refractivity (Wildman–Crippen MR) is 111 cm³/mol. The number of nitrogens with one attached hydrogen (secondary N) is 3. The highest BCUT2D eigenvalue weighted by Gasteiger charge is 2.19. The van der Waals surface area contributed by atoms with Crippen LogP contribution < -0.4 is 26.8 Å². The molecule has 9 nitrogen and oxygen atoms in total. The van der Waals surface area contributed by atoms with Gasteiger partial charge in [-0.25, -0.2) is 4.79 Å². The summed E-state index contributed by atoms with van der Waals surface area (Å²) in [4.78, 5) is 35.8. The van der Waals surface area contributed by atoms with Crippen molar-refractivity contribution in [2.75, 3.05) is 54.8 Å². The fourth-order valence-corrected chi connectivity index (χ4v) is 3.18. The molecule has 0 unspecified atom stereocenters.